The van der Waals surface area contributed by atoms with Gasteiger partial charge in [0.25, 0.3) is 0 Å². The van der Waals surface area contributed by atoms with E-state index in [-0.39, 0.29) is 11.8 Å². The molecular formula is C16H19N3O2. The highest BCUT2D eigenvalue weighted by molar-refractivity contribution is 5.92. The van der Waals surface area contributed by atoms with Crippen LogP contribution in [0, 0.1) is 12.8 Å². The zero-order valence-electron chi connectivity index (χ0n) is 12.1. The van der Waals surface area contributed by atoms with Crippen LogP contribution in [0.3, 0.4) is 0 Å². The van der Waals surface area contributed by atoms with Gasteiger partial charge in [0.15, 0.2) is 0 Å². The standard InChI is InChI=1S/C16H19N3O2/c1-11-18-19-16(21-11)13-7-9-14(10-8-13)17-15(20)12-5-3-2-4-6-12/h7-10,12H,2-6H2,1H3,(H,17,20). The molecule has 0 aliphatic heterocycles. The highest BCUT2D eigenvalue weighted by Gasteiger charge is 2.21. The van der Waals surface area contributed by atoms with E-state index in [2.05, 4.69) is 15.5 Å². The molecule has 1 aliphatic carbocycles. The van der Waals surface area contributed by atoms with Gasteiger partial charge in [-0.25, -0.2) is 0 Å². The molecule has 0 atom stereocenters. The zero-order chi connectivity index (χ0) is 14.7. The number of benzene rings is 1. The van der Waals surface area contributed by atoms with E-state index in [0.29, 0.717) is 11.8 Å². The van der Waals surface area contributed by atoms with Crippen molar-refractivity contribution >= 4 is 11.6 Å². The van der Waals surface area contributed by atoms with Crippen molar-refractivity contribution < 1.29 is 9.21 Å². The van der Waals surface area contributed by atoms with Gasteiger partial charge in [-0.2, -0.15) is 0 Å². The van der Waals surface area contributed by atoms with Crippen LogP contribution >= 0.6 is 0 Å². The first kappa shape index (κ1) is 13.8. The minimum absolute atomic E-state index is 0.135. The Morgan fingerprint density at radius 2 is 1.86 bits per heavy atom. The molecule has 0 unspecified atom stereocenters. The number of anilines is 1. The molecule has 1 aromatic heterocycles. The second-order valence-corrected chi connectivity index (χ2v) is 5.53. The van der Waals surface area contributed by atoms with Crippen LogP contribution in [0.15, 0.2) is 28.7 Å². The number of aromatic nitrogens is 2. The second kappa shape index (κ2) is 6.08. The van der Waals surface area contributed by atoms with Crippen molar-refractivity contribution in [1.29, 1.82) is 0 Å². The number of hydrogen-bond donors (Lipinski definition) is 1. The number of carbonyl (C=O) groups is 1. The van der Waals surface area contributed by atoms with Crippen molar-refractivity contribution in [3.05, 3.63) is 30.2 Å². The van der Waals surface area contributed by atoms with Gasteiger partial charge in [0.05, 0.1) is 0 Å². The van der Waals surface area contributed by atoms with Crippen molar-refractivity contribution in [3.63, 3.8) is 0 Å². The average molecular weight is 285 g/mol. The van der Waals surface area contributed by atoms with E-state index in [4.69, 9.17) is 4.42 Å². The Kier molecular flexibility index (Phi) is 3.99. The lowest BCUT2D eigenvalue weighted by Crippen LogP contribution is -2.24. The minimum Gasteiger partial charge on any atom is -0.421 e. The third kappa shape index (κ3) is 3.29. The maximum Gasteiger partial charge on any atom is 0.247 e. The molecule has 1 fully saturated rings. The summed E-state index contributed by atoms with van der Waals surface area (Å²) >= 11 is 0. The topological polar surface area (TPSA) is 68.0 Å². The SMILES string of the molecule is Cc1nnc(-c2ccc(NC(=O)C3CCCCC3)cc2)o1. The van der Waals surface area contributed by atoms with Crippen molar-refractivity contribution in [3.8, 4) is 11.5 Å². The summed E-state index contributed by atoms with van der Waals surface area (Å²) in [4.78, 5) is 12.2. The summed E-state index contributed by atoms with van der Waals surface area (Å²) in [5.41, 5.74) is 1.66. The van der Waals surface area contributed by atoms with Gasteiger partial charge in [-0.15, -0.1) is 10.2 Å². The molecule has 1 aromatic carbocycles. The predicted octanol–water partition coefficient (Wildman–Crippen LogP) is 3.56. The predicted molar refractivity (Wildman–Crippen MR) is 79.7 cm³/mol. The highest BCUT2D eigenvalue weighted by atomic mass is 16.4. The quantitative estimate of drug-likeness (QED) is 0.936. The van der Waals surface area contributed by atoms with Gasteiger partial charge in [0.2, 0.25) is 17.7 Å². The number of nitrogens with one attached hydrogen (secondary N) is 1. The first-order valence-electron chi connectivity index (χ1n) is 7.44. The van der Waals surface area contributed by atoms with E-state index in [9.17, 15) is 4.79 Å². The molecule has 110 valence electrons. The van der Waals surface area contributed by atoms with Crippen LogP contribution in [-0.2, 0) is 4.79 Å². The Bertz CT molecular complexity index is 613. The number of aryl methyl sites for hydroxylation is 1. The third-order valence-electron chi connectivity index (χ3n) is 3.90. The minimum atomic E-state index is 0.135. The summed E-state index contributed by atoms with van der Waals surface area (Å²) in [6.07, 6.45) is 5.58. The van der Waals surface area contributed by atoms with Crippen molar-refractivity contribution in [1.82, 2.24) is 10.2 Å². The van der Waals surface area contributed by atoms with Crippen LogP contribution in [0.2, 0.25) is 0 Å². The first-order chi connectivity index (χ1) is 10.2. The maximum atomic E-state index is 12.2. The van der Waals surface area contributed by atoms with Crippen LogP contribution < -0.4 is 5.32 Å². The molecule has 0 bridgehead atoms. The van der Waals surface area contributed by atoms with Crippen molar-refractivity contribution in [2.24, 2.45) is 5.92 Å². The Morgan fingerprint density at radius 3 is 2.48 bits per heavy atom. The average Bonchev–Trinajstić information content (AvgIpc) is 2.95. The molecule has 21 heavy (non-hydrogen) atoms. The molecule has 1 saturated carbocycles. The molecule has 1 heterocycles. The first-order valence-corrected chi connectivity index (χ1v) is 7.44. The number of carbonyl (C=O) groups excluding carboxylic acids is 1. The molecule has 0 radical (unpaired) electrons. The van der Waals surface area contributed by atoms with Crippen molar-refractivity contribution in [2.45, 2.75) is 39.0 Å². The molecule has 3 rings (SSSR count). The third-order valence-corrected chi connectivity index (χ3v) is 3.90. The monoisotopic (exact) mass is 285 g/mol. The van der Waals surface area contributed by atoms with Crippen molar-refractivity contribution in [2.75, 3.05) is 5.32 Å². The number of hydrogen-bond acceptors (Lipinski definition) is 4. The van der Waals surface area contributed by atoms with E-state index in [0.717, 1.165) is 36.9 Å². The zero-order valence-corrected chi connectivity index (χ0v) is 12.1. The molecule has 5 nitrogen and oxygen atoms in total. The number of rotatable bonds is 3. The lowest BCUT2D eigenvalue weighted by molar-refractivity contribution is -0.120. The maximum absolute atomic E-state index is 12.2. The number of nitrogens with zero attached hydrogens (tertiary/aromatic N) is 2. The fraction of sp³-hybridized carbons (Fsp3) is 0.438. The molecule has 1 aliphatic rings. The summed E-state index contributed by atoms with van der Waals surface area (Å²) in [6.45, 7) is 1.76. The summed E-state index contributed by atoms with van der Waals surface area (Å²) in [7, 11) is 0. The van der Waals surface area contributed by atoms with Crippen LogP contribution in [-0.4, -0.2) is 16.1 Å². The fourth-order valence-electron chi connectivity index (χ4n) is 2.72. The van der Waals surface area contributed by atoms with Crippen LogP contribution in [0.5, 0.6) is 0 Å². The summed E-state index contributed by atoms with van der Waals surface area (Å²) < 4.78 is 5.38. The van der Waals surface area contributed by atoms with E-state index in [1.54, 1.807) is 6.92 Å². The smallest absolute Gasteiger partial charge is 0.247 e. The Hall–Kier alpha value is -2.17. The van der Waals surface area contributed by atoms with Gasteiger partial charge in [-0.3, -0.25) is 4.79 Å². The van der Waals surface area contributed by atoms with Gasteiger partial charge >= 0.3 is 0 Å². The van der Waals surface area contributed by atoms with Crippen LogP contribution in [0.4, 0.5) is 5.69 Å². The molecule has 1 amide bonds. The van der Waals surface area contributed by atoms with E-state index >= 15 is 0 Å². The lowest BCUT2D eigenvalue weighted by Gasteiger charge is -2.20. The summed E-state index contributed by atoms with van der Waals surface area (Å²) in [5, 5.41) is 10.8. The Labute approximate surface area is 123 Å². The molecule has 5 heteroatoms. The molecule has 1 N–H and O–H groups in total. The molecular weight excluding hydrogens is 266 g/mol. The van der Waals surface area contributed by atoms with E-state index in [1.165, 1.54) is 6.42 Å². The highest BCUT2D eigenvalue weighted by Crippen LogP contribution is 2.25. The van der Waals surface area contributed by atoms with Crippen LogP contribution in [0.25, 0.3) is 11.5 Å². The van der Waals surface area contributed by atoms with Gasteiger partial charge in [0.1, 0.15) is 0 Å². The molecule has 0 spiro atoms. The summed E-state index contributed by atoms with van der Waals surface area (Å²) in [6, 6.07) is 7.50. The fourth-order valence-corrected chi connectivity index (χ4v) is 2.72. The Morgan fingerprint density at radius 1 is 1.14 bits per heavy atom. The normalized spacial score (nSPS) is 15.9. The lowest BCUT2D eigenvalue weighted by atomic mass is 9.88. The van der Waals surface area contributed by atoms with Gasteiger partial charge in [-0.1, -0.05) is 19.3 Å². The van der Waals surface area contributed by atoms with Crippen LogP contribution in [0.1, 0.15) is 38.0 Å². The van der Waals surface area contributed by atoms with Gasteiger partial charge < -0.3 is 9.73 Å². The van der Waals surface area contributed by atoms with Gasteiger partial charge in [0, 0.05) is 24.1 Å². The second-order valence-electron chi connectivity index (χ2n) is 5.53. The molecule has 0 saturated heterocycles. The number of amides is 1. The molecule has 2 aromatic rings. The summed E-state index contributed by atoms with van der Waals surface area (Å²) in [5.74, 6) is 1.34. The Balaban J connectivity index is 1.65. The van der Waals surface area contributed by atoms with Gasteiger partial charge in [-0.05, 0) is 37.1 Å². The largest absolute Gasteiger partial charge is 0.421 e. The van der Waals surface area contributed by atoms with E-state index in [1.807, 2.05) is 24.3 Å². The van der Waals surface area contributed by atoms with E-state index < -0.39 is 0 Å².